The number of rotatable bonds is 1. The molecule has 0 amide bonds. The van der Waals surface area contributed by atoms with E-state index in [1.807, 2.05) is 0 Å². The summed E-state index contributed by atoms with van der Waals surface area (Å²) < 4.78 is 0. The first-order valence-electron chi connectivity index (χ1n) is 4.79. The lowest BCUT2D eigenvalue weighted by atomic mass is 10.1. The molecule has 0 saturated carbocycles. The lowest BCUT2D eigenvalue weighted by molar-refractivity contribution is 0.471. The minimum atomic E-state index is -0.403. The Labute approximate surface area is 92.3 Å². The average Bonchev–Trinajstić information content (AvgIpc) is 2.43. The Morgan fingerprint density at radius 3 is 2.50 bits per heavy atom. The van der Waals surface area contributed by atoms with E-state index in [9.17, 15) is 9.90 Å². The summed E-state index contributed by atoms with van der Waals surface area (Å²) in [5.41, 5.74) is 1.07. The van der Waals surface area contributed by atoms with Crippen LogP contribution in [0.3, 0.4) is 0 Å². The molecular formula is C12H10N2O2. The van der Waals surface area contributed by atoms with Crippen LogP contribution in [0.2, 0.25) is 0 Å². The van der Waals surface area contributed by atoms with Gasteiger partial charge in [0.2, 0.25) is 5.43 Å². The van der Waals surface area contributed by atoms with E-state index in [4.69, 9.17) is 0 Å². The third-order valence-electron chi connectivity index (χ3n) is 2.18. The van der Waals surface area contributed by atoms with Crippen LogP contribution in [0.5, 0.6) is 5.75 Å². The second-order valence-corrected chi connectivity index (χ2v) is 3.39. The Hall–Kier alpha value is -2.23. The maximum atomic E-state index is 11.2. The SMILES string of the molecule is Cc1ncc(-c2cccc(=O)c(O)c2)cn1. The van der Waals surface area contributed by atoms with Crippen molar-refractivity contribution in [3.05, 3.63) is 52.7 Å². The van der Waals surface area contributed by atoms with E-state index in [2.05, 4.69) is 9.97 Å². The molecule has 0 bridgehead atoms. The Morgan fingerprint density at radius 1 is 1.12 bits per heavy atom. The Bertz CT molecular complexity index is 565. The molecule has 0 aliphatic carbocycles. The minimum absolute atomic E-state index is 0.277. The maximum absolute atomic E-state index is 11.2. The van der Waals surface area contributed by atoms with Crippen LogP contribution in [0.4, 0.5) is 0 Å². The van der Waals surface area contributed by atoms with E-state index in [-0.39, 0.29) is 5.75 Å². The van der Waals surface area contributed by atoms with E-state index >= 15 is 0 Å². The van der Waals surface area contributed by atoms with Crippen molar-refractivity contribution in [2.75, 3.05) is 0 Å². The highest BCUT2D eigenvalue weighted by Crippen LogP contribution is 2.18. The molecular weight excluding hydrogens is 204 g/mol. The second-order valence-electron chi connectivity index (χ2n) is 3.39. The fourth-order valence-electron chi connectivity index (χ4n) is 1.31. The largest absolute Gasteiger partial charge is 0.504 e. The molecule has 4 nitrogen and oxygen atoms in total. The first kappa shape index (κ1) is 10.3. The van der Waals surface area contributed by atoms with Gasteiger partial charge in [-0.3, -0.25) is 4.79 Å². The van der Waals surface area contributed by atoms with Gasteiger partial charge in [0.1, 0.15) is 5.82 Å². The van der Waals surface area contributed by atoms with Crippen molar-refractivity contribution in [3.8, 4) is 16.9 Å². The van der Waals surface area contributed by atoms with Crippen molar-refractivity contribution in [1.29, 1.82) is 0 Å². The topological polar surface area (TPSA) is 63.1 Å². The van der Waals surface area contributed by atoms with Gasteiger partial charge in [-0.2, -0.15) is 0 Å². The Morgan fingerprint density at radius 2 is 1.81 bits per heavy atom. The standard InChI is InChI=1S/C12H10N2O2/c1-8-13-6-10(7-14-8)9-3-2-4-11(15)12(16)5-9/h2-7H,1H3,(H,15,16). The maximum Gasteiger partial charge on any atom is 0.220 e. The van der Waals surface area contributed by atoms with E-state index in [0.29, 0.717) is 11.4 Å². The number of aryl methyl sites for hydroxylation is 1. The molecule has 1 aromatic carbocycles. The third-order valence-corrected chi connectivity index (χ3v) is 2.18. The zero-order chi connectivity index (χ0) is 11.5. The van der Waals surface area contributed by atoms with Gasteiger partial charge >= 0.3 is 0 Å². The molecule has 0 spiro atoms. The number of nitrogens with zero attached hydrogens (tertiary/aromatic N) is 2. The summed E-state index contributed by atoms with van der Waals surface area (Å²) in [6, 6.07) is 6.05. The van der Waals surface area contributed by atoms with Gasteiger partial charge in [-0.05, 0) is 24.6 Å². The van der Waals surface area contributed by atoms with Crippen LogP contribution in [-0.2, 0) is 0 Å². The molecule has 0 aliphatic heterocycles. The molecule has 1 heterocycles. The molecule has 80 valence electrons. The van der Waals surface area contributed by atoms with Crippen LogP contribution < -0.4 is 5.43 Å². The fourth-order valence-corrected chi connectivity index (χ4v) is 1.31. The van der Waals surface area contributed by atoms with Crippen LogP contribution in [0, 0.1) is 6.92 Å². The number of hydrogen-bond donors (Lipinski definition) is 1. The van der Waals surface area contributed by atoms with Gasteiger partial charge in [0.25, 0.3) is 0 Å². The molecule has 1 aromatic heterocycles. The van der Waals surface area contributed by atoms with Gasteiger partial charge in [-0.15, -0.1) is 0 Å². The van der Waals surface area contributed by atoms with Crippen molar-refractivity contribution < 1.29 is 5.11 Å². The predicted octanol–water partition coefficient (Wildman–Crippen LogP) is 1.52. The zero-order valence-electron chi connectivity index (χ0n) is 8.71. The fraction of sp³-hybridized carbons (Fsp3) is 0.0833. The highest BCUT2D eigenvalue weighted by molar-refractivity contribution is 5.62. The van der Waals surface area contributed by atoms with Gasteiger partial charge in [-0.1, -0.05) is 12.1 Å². The Kier molecular flexibility index (Phi) is 2.64. The van der Waals surface area contributed by atoms with Crippen molar-refractivity contribution in [3.63, 3.8) is 0 Å². The average molecular weight is 214 g/mol. The number of aromatic hydroxyl groups is 1. The van der Waals surface area contributed by atoms with Crippen molar-refractivity contribution >= 4 is 0 Å². The first-order valence-corrected chi connectivity index (χ1v) is 4.79. The van der Waals surface area contributed by atoms with Crippen molar-refractivity contribution in [1.82, 2.24) is 9.97 Å². The zero-order valence-corrected chi connectivity index (χ0v) is 8.71. The van der Waals surface area contributed by atoms with Crippen LogP contribution in [0.25, 0.3) is 11.1 Å². The van der Waals surface area contributed by atoms with Gasteiger partial charge in [0, 0.05) is 18.0 Å². The summed E-state index contributed by atoms with van der Waals surface area (Å²) in [7, 11) is 0. The van der Waals surface area contributed by atoms with E-state index in [1.165, 1.54) is 12.1 Å². The van der Waals surface area contributed by atoms with Crippen LogP contribution in [-0.4, -0.2) is 15.1 Å². The second kappa shape index (κ2) is 4.10. The molecule has 0 atom stereocenters. The van der Waals surface area contributed by atoms with Crippen LogP contribution >= 0.6 is 0 Å². The van der Waals surface area contributed by atoms with Gasteiger partial charge in [0.05, 0.1) is 0 Å². The normalized spacial score (nSPS) is 10.1. The lowest BCUT2D eigenvalue weighted by Crippen LogP contribution is -1.91. The summed E-state index contributed by atoms with van der Waals surface area (Å²) in [6.45, 7) is 1.79. The smallest absolute Gasteiger partial charge is 0.220 e. The summed E-state index contributed by atoms with van der Waals surface area (Å²) in [6.07, 6.45) is 3.31. The molecule has 0 fully saturated rings. The minimum Gasteiger partial charge on any atom is -0.504 e. The lowest BCUT2D eigenvalue weighted by Gasteiger charge is -1.98. The molecule has 0 saturated heterocycles. The molecule has 2 rings (SSSR count). The van der Waals surface area contributed by atoms with Crippen molar-refractivity contribution in [2.24, 2.45) is 0 Å². The third kappa shape index (κ3) is 2.06. The molecule has 16 heavy (non-hydrogen) atoms. The molecule has 0 radical (unpaired) electrons. The monoisotopic (exact) mass is 214 g/mol. The van der Waals surface area contributed by atoms with E-state index < -0.39 is 5.43 Å². The molecule has 2 aromatic rings. The summed E-state index contributed by atoms with van der Waals surface area (Å²) in [5.74, 6) is 0.401. The number of aromatic nitrogens is 2. The van der Waals surface area contributed by atoms with Gasteiger partial charge in [-0.25, -0.2) is 9.97 Å². The van der Waals surface area contributed by atoms with Gasteiger partial charge in [0.15, 0.2) is 5.75 Å². The first-order chi connectivity index (χ1) is 7.66. The highest BCUT2D eigenvalue weighted by Gasteiger charge is 2.00. The summed E-state index contributed by atoms with van der Waals surface area (Å²) in [4.78, 5) is 19.3. The Balaban J connectivity index is 2.57. The quantitative estimate of drug-likeness (QED) is 0.781. The van der Waals surface area contributed by atoms with E-state index in [1.54, 1.807) is 31.5 Å². The van der Waals surface area contributed by atoms with Crippen LogP contribution in [0.15, 0.2) is 41.5 Å². The van der Waals surface area contributed by atoms with Crippen molar-refractivity contribution in [2.45, 2.75) is 6.92 Å². The summed E-state index contributed by atoms with van der Waals surface area (Å²) in [5, 5.41) is 9.42. The molecule has 0 unspecified atom stereocenters. The number of hydrogen-bond acceptors (Lipinski definition) is 4. The molecule has 4 heteroatoms. The van der Waals surface area contributed by atoms with Gasteiger partial charge < -0.3 is 5.11 Å². The highest BCUT2D eigenvalue weighted by atomic mass is 16.3. The van der Waals surface area contributed by atoms with Crippen LogP contribution in [0.1, 0.15) is 5.82 Å². The van der Waals surface area contributed by atoms with E-state index in [0.717, 1.165) is 5.56 Å². The predicted molar refractivity (Wildman–Crippen MR) is 60.1 cm³/mol. The molecule has 0 aliphatic rings. The molecule has 1 N–H and O–H groups in total. The summed E-state index contributed by atoms with van der Waals surface area (Å²) >= 11 is 0.